The quantitative estimate of drug-likeness (QED) is 0.908. The third-order valence-electron chi connectivity index (χ3n) is 6.01. The van der Waals surface area contributed by atoms with Gasteiger partial charge in [0, 0.05) is 24.2 Å². The first-order chi connectivity index (χ1) is 8.97. The molecule has 3 atom stereocenters. The molecule has 0 aromatic carbocycles. The van der Waals surface area contributed by atoms with Crippen LogP contribution in [-0.2, 0) is 6.54 Å². The molecule has 1 aromatic rings. The SMILES string of the molecule is CC1(C)C2CCC1(C)C(Oc1ccc(CN)cn1)C2. The minimum absolute atomic E-state index is 0.284. The molecule has 19 heavy (non-hydrogen) atoms. The van der Waals surface area contributed by atoms with Crippen molar-refractivity contribution in [1.82, 2.24) is 4.98 Å². The van der Waals surface area contributed by atoms with Crippen LogP contribution in [-0.4, -0.2) is 11.1 Å². The second kappa shape index (κ2) is 4.20. The number of nitrogens with two attached hydrogens (primary N) is 1. The highest BCUT2D eigenvalue weighted by atomic mass is 16.5. The summed E-state index contributed by atoms with van der Waals surface area (Å²) in [5.74, 6) is 1.54. The molecule has 2 aliphatic carbocycles. The third-order valence-corrected chi connectivity index (χ3v) is 6.01. The molecule has 0 amide bonds. The van der Waals surface area contributed by atoms with Gasteiger partial charge in [0.2, 0.25) is 5.88 Å². The number of nitrogens with zero attached hydrogens (tertiary/aromatic N) is 1. The molecule has 3 nitrogen and oxygen atoms in total. The lowest BCUT2D eigenvalue weighted by atomic mass is 9.70. The number of hydrogen-bond donors (Lipinski definition) is 1. The molecule has 1 aromatic heterocycles. The molecule has 0 spiro atoms. The molecule has 0 radical (unpaired) electrons. The van der Waals surface area contributed by atoms with Gasteiger partial charge in [-0.3, -0.25) is 0 Å². The van der Waals surface area contributed by atoms with Gasteiger partial charge in [-0.2, -0.15) is 0 Å². The molecule has 3 unspecified atom stereocenters. The van der Waals surface area contributed by atoms with Gasteiger partial charge in [-0.15, -0.1) is 0 Å². The second-order valence-electron chi connectivity index (χ2n) is 6.93. The number of pyridine rings is 1. The lowest BCUT2D eigenvalue weighted by Crippen LogP contribution is -2.39. The van der Waals surface area contributed by atoms with Crippen LogP contribution in [0, 0.1) is 16.7 Å². The predicted molar refractivity (Wildman–Crippen MR) is 75.8 cm³/mol. The molecule has 1 heterocycles. The molecule has 2 bridgehead atoms. The fourth-order valence-corrected chi connectivity index (χ4v) is 4.06. The summed E-state index contributed by atoms with van der Waals surface area (Å²) in [7, 11) is 0. The Morgan fingerprint density at radius 2 is 2.16 bits per heavy atom. The Morgan fingerprint density at radius 1 is 1.37 bits per heavy atom. The number of hydrogen-bond acceptors (Lipinski definition) is 3. The summed E-state index contributed by atoms with van der Waals surface area (Å²) >= 11 is 0. The Labute approximate surface area is 115 Å². The van der Waals surface area contributed by atoms with Gasteiger partial charge in [0.15, 0.2) is 0 Å². The number of rotatable bonds is 3. The van der Waals surface area contributed by atoms with Crippen molar-refractivity contribution < 1.29 is 4.74 Å². The van der Waals surface area contributed by atoms with Crippen LogP contribution < -0.4 is 10.5 Å². The topological polar surface area (TPSA) is 48.1 Å². The van der Waals surface area contributed by atoms with Crippen LogP contribution in [0.5, 0.6) is 5.88 Å². The first-order valence-corrected chi connectivity index (χ1v) is 7.29. The average Bonchev–Trinajstić information content (AvgIpc) is 2.73. The normalized spacial score (nSPS) is 35.6. The smallest absolute Gasteiger partial charge is 0.213 e. The van der Waals surface area contributed by atoms with Crippen molar-refractivity contribution in [1.29, 1.82) is 0 Å². The van der Waals surface area contributed by atoms with E-state index in [-0.39, 0.29) is 5.41 Å². The van der Waals surface area contributed by atoms with Crippen molar-refractivity contribution >= 4 is 0 Å². The summed E-state index contributed by atoms with van der Waals surface area (Å²) < 4.78 is 6.20. The van der Waals surface area contributed by atoms with Crippen LogP contribution in [0.4, 0.5) is 0 Å². The fraction of sp³-hybridized carbons (Fsp3) is 0.688. The summed E-state index contributed by atoms with van der Waals surface area (Å²) in [6.07, 6.45) is 5.91. The molecule has 2 N–H and O–H groups in total. The van der Waals surface area contributed by atoms with Crippen LogP contribution in [0.2, 0.25) is 0 Å². The highest BCUT2D eigenvalue weighted by Gasteiger charge is 2.62. The third kappa shape index (κ3) is 1.78. The zero-order valence-corrected chi connectivity index (χ0v) is 12.1. The highest BCUT2D eigenvalue weighted by molar-refractivity contribution is 5.20. The Morgan fingerprint density at radius 3 is 2.63 bits per heavy atom. The van der Waals surface area contributed by atoms with E-state index < -0.39 is 0 Å². The molecular formula is C16H24N2O. The lowest BCUT2D eigenvalue weighted by Gasteiger charge is -2.38. The van der Waals surface area contributed by atoms with E-state index in [1.165, 1.54) is 19.3 Å². The van der Waals surface area contributed by atoms with E-state index >= 15 is 0 Å². The summed E-state index contributed by atoms with van der Waals surface area (Å²) in [6.45, 7) is 7.72. The van der Waals surface area contributed by atoms with Crippen LogP contribution in [0.3, 0.4) is 0 Å². The summed E-state index contributed by atoms with van der Waals surface area (Å²) in [5.41, 5.74) is 7.30. The average molecular weight is 260 g/mol. The molecule has 3 heteroatoms. The first kappa shape index (κ1) is 12.9. The summed E-state index contributed by atoms with van der Waals surface area (Å²) in [6, 6.07) is 3.95. The largest absolute Gasteiger partial charge is 0.474 e. The fourth-order valence-electron chi connectivity index (χ4n) is 4.06. The molecule has 2 saturated carbocycles. The van der Waals surface area contributed by atoms with Gasteiger partial charge in [0.1, 0.15) is 6.10 Å². The van der Waals surface area contributed by atoms with E-state index in [1.54, 1.807) is 0 Å². The monoisotopic (exact) mass is 260 g/mol. The lowest BCUT2D eigenvalue weighted by molar-refractivity contribution is 0.0273. The van der Waals surface area contributed by atoms with Crippen molar-refractivity contribution in [3.63, 3.8) is 0 Å². The zero-order valence-electron chi connectivity index (χ0n) is 12.1. The van der Waals surface area contributed by atoms with Crippen LogP contribution in [0.15, 0.2) is 18.3 Å². The second-order valence-corrected chi connectivity index (χ2v) is 6.93. The van der Waals surface area contributed by atoms with Gasteiger partial charge in [-0.25, -0.2) is 4.98 Å². The van der Waals surface area contributed by atoms with Gasteiger partial charge in [0.25, 0.3) is 0 Å². The van der Waals surface area contributed by atoms with Gasteiger partial charge in [-0.1, -0.05) is 26.8 Å². The Bertz CT molecular complexity index is 468. The molecule has 0 saturated heterocycles. The Kier molecular flexibility index (Phi) is 2.86. The molecule has 2 aliphatic rings. The van der Waals surface area contributed by atoms with Crippen LogP contribution >= 0.6 is 0 Å². The van der Waals surface area contributed by atoms with E-state index in [0.717, 1.165) is 17.4 Å². The molecule has 2 fully saturated rings. The predicted octanol–water partition coefficient (Wildman–Crippen LogP) is 3.13. The number of fused-ring (bicyclic) bond motifs is 2. The van der Waals surface area contributed by atoms with Crippen molar-refractivity contribution in [3.8, 4) is 5.88 Å². The van der Waals surface area contributed by atoms with Gasteiger partial charge < -0.3 is 10.5 Å². The molecule has 3 rings (SSSR count). The highest BCUT2D eigenvalue weighted by Crippen LogP contribution is 2.66. The standard InChI is InChI=1S/C16H24N2O/c1-15(2)12-6-7-16(15,3)13(8-12)19-14-5-4-11(9-17)10-18-14/h4-5,10,12-13H,6-9,17H2,1-3H3. The molecule has 104 valence electrons. The Balaban J connectivity index is 1.78. The summed E-state index contributed by atoms with van der Waals surface area (Å²) in [5, 5.41) is 0. The molecular weight excluding hydrogens is 236 g/mol. The van der Waals surface area contributed by atoms with E-state index in [1.807, 2.05) is 18.3 Å². The van der Waals surface area contributed by atoms with Crippen LogP contribution in [0.1, 0.15) is 45.6 Å². The van der Waals surface area contributed by atoms with Crippen molar-refractivity contribution in [2.24, 2.45) is 22.5 Å². The van der Waals surface area contributed by atoms with Crippen molar-refractivity contribution in [2.45, 2.75) is 52.7 Å². The van der Waals surface area contributed by atoms with Crippen molar-refractivity contribution in [2.75, 3.05) is 0 Å². The first-order valence-electron chi connectivity index (χ1n) is 7.29. The number of ether oxygens (including phenoxy) is 1. The van der Waals surface area contributed by atoms with E-state index in [4.69, 9.17) is 10.5 Å². The molecule has 0 aliphatic heterocycles. The van der Waals surface area contributed by atoms with E-state index in [2.05, 4.69) is 25.8 Å². The van der Waals surface area contributed by atoms with Gasteiger partial charge in [-0.05, 0) is 36.2 Å². The number of aromatic nitrogens is 1. The van der Waals surface area contributed by atoms with Gasteiger partial charge in [0.05, 0.1) is 0 Å². The summed E-state index contributed by atoms with van der Waals surface area (Å²) in [4.78, 5) is 4.37. The zero-order chi connectivity index (χ0) is 13.7. The maximum Gasteiger partial charge on any atom is 0.213 e. The van der Waals surface area contributed by atoms with E-state index in [0.29, 0.717) is 18.1 Å². The van der Waals surface area contributed by atoms with Gasteiger partial charge >= 0.3 is 0 Å². The maximum absolute atomic E-state index is 6.20. The van der Waals surface area contributed by atoms with E-state index in [9.17, 15) is 0 Å². The Hall–Kier alpha value is -1.09. The van der Waals surface area contributed by atoms with Crippen LogP contribution in [0.25, 0.3) is 0 Å². The van der Waals surface area contributed by atoms with Crippen molar-refractivity contribution in [3.05, 3.63) is 23.9 Å². The minimum Gasteiger partial charge on any atom is -0.474 e. The minimum atomic E-state index is 0.284. The maximum atomic E-state index is 6.20.